The van der Waals surface area contributed by atoms with Crippen LogP contribution >= 0.6 is 11.3 Å². The number of amides is 1. The number of ether oxygens (including phenoxy) is 2. The van der Waals surface area contributed by atoms with Crippen molar-refractivity contribution in [2.24, 2.45) is 0 Å². The molecule has 4 N–H and O–H groups in total. The molecule has 0 atom stereocenters. The molecule has 0 unspecified atom stereocenters. The van der Waals surface area contributed by atoms with E-state index in [0.29, 0.717) is 28.2 Å². The van der Waals surface area contributed by atoms with Gasteiger partial charge in [-0.1, -0.05) is 24.0 Å². The standard InChI is InChI=1S/C28H29F4N3O4S/c1-33-27(37)19-14-24(39-13-10-36)23(15-21(19)29)34-9-3-6-25-20(16-28(30,31)32)18-4-2-5-22(26(18)40-25)35-17-7-11-38-12-8-17/h2,4-5,14-15,17,34-36H,7-13,16H2,1H3,(H,33,37). The number of hydrogen-bond donors (Lipinski definition) is 4. The lowest BCUT2D eigenvalue weighted by Crippen LogP contribution is -2.27. The minimum atomic E-state index is -4.42. The molecule has 4 rings (SSSR count). The zero-order valence-electron chi connectivity index (χ0n) is 21.7. The molecule has 2 aromatic carbocycles. The number of thiophene rings is 1. The van der Waals surface area contributed by atoms with Gasteiger partial charge in [-0.3, -0.25) is 4.79 Å². The average molecular weight is 580 g/mol. The predicted molar refractivity (Wildman–Crippen MR) is 147 cm³/mol. The number of carbonyl (C=O) groups is 1. The van der Waals surface area contributed by atoms with Gasteiger partial charge < -0.3 is 30.5 Å². The molecule has 1 amide bonds. The fourth-order valence-corrected chi connectivity index (χ4v) is 5.53. The van der Waals surface area contributed by atoms with Crippen molar-refractivity contribution in [2.45, 2.75) is 31.5 Å². The highest BCUT2D eigenvalue weighted by atomic mass is 32.1. The van der Waals surface area contributed by atoms with Gasteiger partial charge in [0.15, 0.2) is 0 Å². The van der Waals surface area contributed by atoms with Crippen molar-refractivity contribution in [2.75, 3.05) is 50.7 Å². The SMILES string of the molecule is CNC(=O)c1cc(OCCO)c(NCC#Cc2sc3c(NC4CCOCC4)cccc3c2CC(F)(F)F)cc1F. The molecule has 0 radical (unpaired) electrons. The van der Waals surface area contributed by atoms with E-state index in [2.05, 4.69) is 27.8 Å². The van der Waals surface area contributed by atoms with Gasteiger partial charge in [0.05, 0.1) is 46.1 Å². The van der Waals surface area contributed by atoms with Crippen molar-refractivity contribution < 1.29 is 36.9 Å². The van der Waals surface area contributed by atoms with E-state index in [0.717, 1.165) is 24.6 Å². The number of anilines is 2. The van der Waals surface area contributed by atoms with Crippen molar-refractivity contribution >= 4 is 38.7 Å². The Kier molecular flexibility index (Phi) is 9.73. The summed E-state index contributed by atoms with van der Waals surface area (Å²) >= 11 is 1.20. The van der Waals surface area contributed by atoms with E-state index in [-0.39, 0.29) is 48.4 Å². The zero-order valence-corrected chi connectivity index (χ0v) is 22.5. The first-order chi connectivity index (χ1) is 19.2. The van der Waals surface area contributed by atoms with Crippen LogP contribution in [0.4, 0.5) is 28.9 Å². The van der Waals surface area contributed by atoms with Crippen LogP contribution in [0.5, 0.6) is 5.75 Å². The molecule has 40 heavy (non-hydrogen) atoms. The highest BCUT2D eigenvalue weighted by molar-refractivity contribution is 7.20. The third-order valence-corrected chi connectivity index (χ3v) is 7.43. The van der Waals surface area contributed by atoms with Gasteiger partial charge in [-0.25, -0.2) is 4.39 Å². The van der Waals surface area contributed by atoms with Crippen molar-refractivity contribution in [3.63, 3.8) is 0 Å². The second-order valence-corrected chi connectivity index (χ2v) is 10.1. The van der Waals surface area contributed by atoms with Crippen molar-refractivity contribution in [1.82, 2.24) is 5.32 Å². The second kappa shape index (κ2) is 13.2. The number of fused-ring (bicyclic) bond motifs is 1. The van der Waals surface area contributed by atoms with Crippen molar-refractivity contribution in [3.8, 4) is 17.6 Å². The Balaban J connectivity index is 1.61. The molecule has 0 aliphatic carbocycles. The number of rotatable bonds is 9. The van der Waals surface area contributed by atoms with Crippen molar-refractivity contribution in [1.29, 1.82) is 0 Å². The second-order valence-electron chi connectivity index (χ2n) is 9.05. The maximum atomic E-state index is 14.5. The van der Waals surface area contributed by atoms with Gasteiger partial charge >= 0.3 is 6.18 Å². The number of aliphatic hydroxyl groups is 1. The third-order valence-electron chi connectivity index (χ3n) is 6.24. The summed E-state index contributed by atoms with van der Waals surface area (Å²) < 4.78 is 66.7. The van der Waals surface area contributed by atoms with E-state index in [4.69, 9.17) is 14.6 Å². The molecule has 214 valence electrons. The fourth-order valence-electron chi connectivity index (χ4n) is 4.36. The highest BCUT2D eigenvalue weighted by Gasteiger charge is 2.31. The lowest BCUT2D eigenvalue weighted by atomic mass is 10.1. The Morgan fingerprint density at radius 2 is 2.00 bits per heavy atom. The maximum Gasteiger partial charge on any atom is 0.393 e. The molecule has 1 aromatic heterocycles. The molecule has 1 saturated heterocycles. The molecular weight excluding hydrogens is 550 g/mol. The molecular formula is C28H29F4N3O4S. The Morgan fingerprint density at radius 1 is 1.23 bits per heavy atom. The molecule has 1 aliphatic heterocycles. The normalized spacial score (nSPS) is 13.9. The molecule has 0 spiro atoms. The predicted octanol–water partition coefficient (Wildman–Crippen LogP) is 4.93. The first-order valence-corrected chi connectivity index (χ1v) is 13.5. The Bertz CT molecular complexity index is 1410. The Hall–Kier alpha value is -3.53. The number of halogens is 4. The lowest BCUT2D eigenvalue weighted by Gasteiger charge is -2.24. The van der Waals surface area contributed by atoms with Gasteiger partial charge in [0, 0.05) is 32.4 Å². The van der Waals surface area contributed by atoms with Gasteiger partial charge in [-0.2, -0.15) is 13.2 Å². The molecule has 2 heterocycles. The fraction of sp³-hybridized carbons (Fsp3) is 0.393. The largest absolute Gasteiger partial charge is 0.489 e. The molecule has 3 aromatic rings. The smallest absolute Gasteiger partial charge is 0.393 e. The molecule has 12 heteroatoms. The quantitative estimate of drug-likeness (QED) is 0.212. The van der Waals surface area contributed by atoms with E-state index in [1.165, 1.54) is 24.5 Å². The summed E-state index contributed by atoms with van der Waals surface area (Å²) in [7, 11) is 1.36. The van der Waals surface area contributed by atoms with Gasteiger partial charge in [0.2, 0.25) is 0 Å². The number of aliphatic hydroxyl groups excluding tert-OH is 1. The first-order valence-electron chi connectivity index (χ1n) is 12.7. The summed E-state index contributed by atoms with van der Waals surface area (Å²) in [5.74, 6) is 4.37. The zero-order chi connectivity index (χ0) is 28.7. The van der Waals surface area contributed by atoms with Gasteiger partial charge in [-0.15, -0.1) is 11.3 Å². The summed E-state index contributed by atoms with van der Waals surface area (Å²) in [4.78, 5) is 12.2. The van der Waals surface area contributed by atoms with Crippen molar-refractivity contribution in [3.05, 3.63) is 52.2 Å². The van der Waals surface area contributed by atoms with E-state index in [9.17, 15) is 22.4 Å². The summed E-state index contributed by atoms with van der Waals surface area (Å²) in [5.41, 5.74) is 0.826. The minimum absolute atomic E-state index is 0.0405. The summed E-state index contributed by atoms with van der Waals surface area (Å²) in [5, 5.41) is 18.3. The molecule has 7 nitrogen and oxygen atoms in total. The van der Waals surface area contributed by atoms with E-state index < -0.39 is 24.3 Å². The van der Waals surface area contributed by atoms with Crippen LogP contribution in [0, 0.1) is 17.7 Å². The Morgan fingerprint density at radius 3 is 2.70 bits per heavy atom. The minimum Gasteiger partial charge on any atom is -0.489 e. The number of hydrogen-bond acceptors (Lipinski definition) is 7. The average Bonchev–Trinajstić information content (AvgIpc) is 3.27. The van der Waals surface area contributed by atoms with Crippen LogP contribution in [-0.4, -0.2) is 63.3 Å². The van der Waals surface area contributed by atoms with Crippen LogP contribution in [0.3, 0.4) is 0 Å². The van der Waals surface area contributed by atoms with Gasteiger partial charge in [0.1, 0.15) is 18.2 Å². The van der Waals surface area contributed by atoms with Crippen LogP contribution in [0.2, 0.25) is 0 Å². The summed E-state index contributed by atoms with van der Waals surface area (Å²) in [6, 6.07) is 7.72. The Labute approximate surface area is 232 Å². The number of benzene rings is 2. The monoisotopic (exact) mass is 579 g/mol. The van der Waals surface area contributed by atoms with Crippen LogP contribution in [0.25, 0.3) is 10.1 Å². The first kappa shape index (κ1) is 29.5. The lowest BCUT2D eigenvalue weighted by molar-refractivity contribution is -0.126. The molecule has 1 aliphatic rings. The molecule has 0 bridgehead atoms. The summed E-state index contributed by atoms with van der Waals surface area (Å²) in [6.07, 6.45) is -3.92. The van der Waals surface area contributed by atoms with Gasteiger partial charge in [-0.05, 0) is 35.9 Å². The molecule has 1 fully saturated rings. The maximum absolute atomic E-state index is 14.5. The van der Waals surface area contributed by atoms with Crippen LogP contribution in [-0.2, 0) is 11.2 Å². The number of nitrogens with one attached hydrogen (secondary N) is 3. The van der Waals surface area contributed by atoms with Crippen LogP contribution < -0.4 is 20.7 Å². The van der Waals surface area contributed by atoms with Crippen LogP contribution in [0.1, 0.15) is 33.6 Å². The third kappa shape index (κ3) is 7.35. The van der Waals surface area contributed by atoms with E-state index in [1.807, 2.05) is 6.07 Å². The van der Waals surface area contributed by atoms with E-state index in [1.54, 1.807) is 12.1 Å². The van der Waals surface area contributed by atoms with Crippen LogP contribution in [0.15, 0.2) is 30.3 Å². The molecule has 0 saturated carbocycles. The topological polar surface area (TPSA) is 91.9 Å². The number of alkyl halides is 3. The highest BCUT2D eigenvalue weighted by Crippen LogP contribution is 2.39. The van der Waals surface area contributed by atoms with Gasteiger partial charge in [0.25, 0.3) is 5.91 Å². The van der Waals surface area contributed by atoms with E-state index >= 15 is 0 Å². The summed E-state index contributed by atoms with van der Waals surface area (Å²) in [6.45, 7) is 0.830. The number of carbonyl (C=O) groups excluding carboxylic acids is 1.